The molecule has 0 fully saturated rings. The predicted molar refractivity (Wildman–Crippen MR) is 71.4 cm³/mol. The van der Waals surface area contributed by atoms with E-state index in [9.17, 15) is 17.2 Å². The zero-order valence-corrected chi connectivity index (χ0v) is 11.9. The van der Waals surface area contributed by atoms with Crippen molar-refractivity contribution in [2.75, 3.05) is 4.72 Å². The smallest absolute Gasteiger partial charge is 0.263 e. The third-order valence-corrected chi connectivity index (χ3v) is 4.47. The quantitative estimate of drug-likeness (QED) is 0.688. The second-order valence-corrected chi connectivity index (χ2v) is 6.08. The molecule has 0 saturated carbocycles. The minimum atomic E-state index is -4.14. The van der Waals surface area contributed by atoms with Gasteiger partial charge in [0, 0.05) is 0 Å². The van der Waals surface area contributed by atoms with E-state index in [2.05, 4.69) is 9.71 Å². The van der Waals surface area contributed by atoms with E-state index in [-0.39, 0.29) is 10.7 Å². The molecule has 0 aliphatic rings. The Bertz CT molecular complexity index is 752. The van der Waals surface area contributed by atoms with Crippen molar-refractivity contribution in [3.8, 4) is 0 Å². The number of sulfonamides is 1. The van der Waals surface area contributed by atoms with Crippen LogP contribution in [0.2, 0.25) is 10.0 Å². The minimum Gasteiger partial charge on any atom is -0.278 e. The highest BCUT2D eigenvalue weighted by molar-refractivity contribution is 7.92. The molecular weight excluding hydrogens is 333 g/mol. The van der Waals surface area contributed by atoms with Gasteiger partial charge in [0.05, 0.1) is 21.9 Å². The van der Waals surface area contributed by atoms with Crippen molar-refractivity contribution in [2.24, 2.45) is 0 Å². The molecule has 0 saturated heterocycles. The first-order chi connectivity index (χ1) is 9.31. The molecule has 0 spiro atoms. The second-order valence-electron chi connectivity index (χ2n) is 3.65. The van der Waals surface area contributed by atoms with Gasteiger partial charge >= 0.3 is 0 Å². The standard InChI is InChI=1S/C11H6Cl2F2N2O2S/c12-7-2-3-8(10(13)11(7)15)20(18,19)17-6-1-4-9(14)16-5-6/h1-5,17H. The van der Waals surface area contributed by atoms with Crippen molar-refractivity contribution in [3.05, 3.63) is 52.3 Å². The van der Waals surface area contributed by atoms with E-state index in [4.69, 9.17) is 23.2 Å². The third-order valence-electron chi connectivity index (χ3n) is 2.27. The number of hydrogen-bond donors (Lipinski definition) is 1. The molecular formula is C11H6Cl2F2N2O2S. The molecule has 2 rings (SSSR count). The summed E-state index contributed by atoms with van der Waals surface area (Å²) in [7, 11) is -4.14. The van der Waals surface area contributed by atoms with Crippen LogP contribution >= 0.6 is 23.2 Å². The average molecular weight is 339 g/mol. The monoisotopic (exact) mass is 338 g/mol. The highest BCUT2D eigenvalue weighted by Gasteiger charge is 2.22. The van der Waals surface area contributed by atoms with Crippen LogP contribution in [0.1, 0.15) is 0 Å². The molecule has 0 aliphatic heterocycles. The Labute approximate surface area is 123 Å². The molecule has 9 heteroatoms. The normalized spacial score (nSPS) is 11.4. The van der Waals surface area contributed by atoms with E-state index in [1.54, 1.807) is 0 Å². The molecule has 0 amide bonds. The summed E-state index contributed by atoms with van der Waals surface area (Å²) >= 11 is 11.1. The van der Waals surface area contributed by atoms with E-state index in [1.165, 1.54) is 6.07 Å². The van der Waals surface area contributed by atoms with Crippen LogP contribution < -0.4 is 4.72 Å². The lowest BCUT2D eigenvalue weighted by Gasteiger charge is -2.10. The van der Waals surface area contributed by atoms with Crippen LogP contribution in [0.15, 0.2) is 35.4 Å². The molecule has 0 bridgehead atoms. The number of benzene rings is 1. The summed E-state index contributed by atoms with van der Waals surface area (Å²) in [5.74, 6) is -1.79. The fourth-order valence-corrected chi connectivity index (χ4v) is 3.15. The van der Waals surface area contributed by atoms with Crippen molar-refractivity contribution >= 4 is 38.9 Å². The number of pyridine rings is 1. The first-order valence-corrected chi connectivity index (χ1v) is 7.33. The number of aromatic nitrogens is 1. The summed E-state index contributed by atoms with van der Waals surface area (Å²) in [6.45, 7) is 0. The van der Waals surface area contributed by atoms with Crippen LogP contribution in [-0.2, 0) is 10.0 Å². The molecule has 0 atom stereocenters. The van der Waals surface area contributed by atoms with E-state index < -0.39 is 31.7 Å². The lowest BCUT2D eigenvalue weighted by molar-refractivity contribution is 0.583. The zero-order chi connectivity index (χ0) is 14.9. The fourth-order valence-electron chi connectivity index (χ4n) is 1.36. The lowest BCUT2D eigenvalue weighted by Crippen LogP contribution is -2.14. The Balaban J connectivity index is 2.41. The maximum absolute atomic E-state index is 13.5. The molecule has 1 N–H and O–H groups in total. The molecule has 0 unspecified atom stereocenters. The highest BCUT2D eigenvalue weighted by atomic mass is 35.5. The van der Waals surface area contributed by atoms with Crippen molar-refractivity contribution in [1.82, 2.24) is 4.98 Å². The van der Waals surface area contributed by atoms with Crippen LogP contribution in [0.5, 0.6) is 0 Å². The van der Waals surface area contributed by atoms with Crippen LogP contribution in [0.4, 0.5) is 14.5 Å². The second kappa shape index (κ2) is 5.51. The average Bonchev–Trinajstić information content (AvgIpc) is 2.38. The van der Waals surface area contributed by atoms with Gasteiger partial charge in [0.25, 0.3) is 10.0 Å². The molecule has 1 aromatic carbocycles. The largest absolute Gasteiger partial charge is 0.278 e. The van der Waals surface area contributed by atoms with Crippen LogP contribution in [0.3, 0.4) is 0 Å². The Hall–Kier alpha value is -1.44. The van der Waals surface area contributed by atoms with Gasteiger partial charge in [0.2, 0.25) is 5.95 Å². The molecule has 106 valence electrons. The maximum atomic E-state index is 13.5. The van der Waals surface area contributed by atoms with Gasteiger partial charge < -0.3 is 0 Å². The summed E-state index contributed by atoms with van der Waals surface area (Å²) in [5.41, 5.74) is 0.0119. The van der Waals surface area contributed by atoms with Gasteiger partial charge in [-0.15, -0.1) is 0 Å². The van der Waals surface area contributed by atoms with Gasteiger partial charge in [-0.05, 0) is 24.3 Å². The van der Waals surface area contributed by atoms with Crippen LogP contribution in [0, 0.1) is 11.8 Å². The third kappa shape index (κ3) is 3.00. The Morgan fingerprint density at radius 3 is 2.40 bits per heavy atom. The van der Waals surface area contributed by atoms with Crippen LogP contribution in [0.25, 0.3) is 0 Å². The predicted octanol–water partition coefficient (Wildman–Crippen LogP) is 3.47. The summed E-state index contributed by atoms with van der Waals surface area (Å²) in [6, 6.07) is 4.27. The van der Waals surface area contributed by atoms with E-state index >= 15 is 0 Å². The molecule has 4 nitrogen and oxygen atoms in total. The SMILES string of the molecule is O=S(=O)(Nc1ccc(F)nc1)c1ccc(Cl)c(F)c1Cl. The maximum Gasteiger partial charge on any atom is 0.263 e. The van der Waals surface area contributed by atoms with Crippen molar-refractivity contribution in [3.63, 3.8) is 0 Å². The summed E-state index contributed by atoms with van der Waals surface area (Å²) in [4.78, 5) is 2.81. The van der Waals surface area contributed by atoms with Crippen molar-refractivity contribution in [1.29, 1.82) is 0 Å². The Morgan fingerprint density at radius 1 is 1.10 bits per heavy atom. The van der Waals surface area contributed by atoms with Crippen molar-refractivity contribution < 1.29 is 17.2 Å². The Kier molecular flexibility index (Phi) is 4.12. The van der Waals surface area contributed by atoms with Gasteiger partial charge in [0.1, 0.15) is 4.90 Å². The number of hydrogen-bond acceptors (Lipinski definition) is 3. The zero-order valence-electron chi connectivity index (χ0n) is 9.57. The molecule has 2 aromatic rings. The Morgan fingerprint density at radius 2 is 1.80 bits per heavy atom. The molecule has 0 aliphatic carbocycles. The fraction of sp³-hybridized carbons (Fsp3) is 0. The molecule has 1 heterocycles. The number of anilines is 1. The molecule has 0 radical (unpaired) electrons. The molecule has 1 aromatic heterocycles. The van der Waals surface area contributed by atoms with Gasteiger partial charge in [0.15, 0.2) is 5.82 Å². The number of halogens is 4. The summed E-state index contributed by atoms with van der Waals surface area (Å²) in [5, 5.41) is -0.919. The lowest BCUT2D eigenvalue weighted by atomic mass is 10.3. The number of nitrogens with zero attached hydrogens (tertiary/aromatic N) is 1. The summed E-state index contributed by atoms with van der Waals surface area (Å²) < 4.78 is 52.3. The topological polar surface area (TPSA) is 59.1 Å². The van der Waals surface area contributed by atoms with E-state index in [0.717, 1.165) is 24.4 Å². The number of nitrogens with one attached hydrogen (secondary N) is 1. The van der Waals surface area contributed by atoms with Gasteiger partial charge in [-0.3, -0.25) is 4.72 Å². The van der Waals surface area contributed by atoms with Gasteiger partial charge in [-0.2, -0.15) is 4.39 Å². The minimum absolute atomic E-state index is 0.0119. The summed E-state index contributed by atoms with van der Waals surface area (Å²) in [6.07, 6.45) is 0.979. The van der Waals surface area contributed by atoms with Gasteiger partial charge in [-0.1, -0.05) is 23.2 Å². The van der Waals surface area contributed by atoms with Crippen molar-refractivity contribution in [2.45, 2.75) is 4.90 Å². The number of rotatable bonds is 3. The van der Waals surface area contributed by atoms with E-state index in [0.29, 0.717) is 0 Å². The van der Waals surface area contributed by atoms with Gasteiger partial charge in [-0.25, -0.2) is 17.8 Å². The first kappa shape index (κ1) is 15.0. The van der Waals surface area contributed by atoms with Crippen LogP contribution in [-0.4, -0.2) is 13.4 Å². The van der Waals surface area contributed by atoms with E-state index in [1.807, 2.05) is 0 Å². The highest BCUT2D eigenvalue weighted by Crippen LogP contribution is 2.30. The first-order valence-electron chi connectivity index (χ1n) is 5.09. The molecule has 20 heavy (non-hydrogen) atoms.